The Kier molecular flexibility index (Phi) is 3.64. The molecule has 3 heterocycles. The molecule has 2 fully saturated rings. The molecule has 0 aromatic heterocycles. The summed E-state index contributed by atoms with van der Waals surface area (Å²) in [7, 11) is 0. The van der Waals surface area contributed by atoms with Gasteiger partial charge in [0.05, 0.1) is 18.3 Å². The van der Waals surface area contributed by atoms with E-state index in [1.807, 2.05) is 19.1 Å². The van der Waals surface area contributed by atoms with Crippen molar-refractivity contribution < 1.29 is 14.3 Å². The Hall–Kier alpha value is -1.43. The van der Waals surface area contributed by atoms with Gasteiger partial charge in [0, 0.05) is 38.6 Å². The molecule has 0 aliphatic carbocycles. The lowest BCUT2D eigenvalue weighted by molar-refractivity contribution is -0.0718. The van der Waals surface area contributed by atoms with Crippen molar-refractivity contribution in [3.05, 3.63) is 34.9 Å². The van der Waals surface area contributed by atoms with Gasteiger partial charge in [-0.1, -0.05) is 12.1 Å². The Labute approximate surface area is 130 Å². The number of rotatable bonds is 1. The standard InChI is InChI=1S/C17H22N2O3/c1-11-6-13-7-12(2-3-15(13)17(20)22-11)16-9-19-5-4-18-8-14(19)10-21-16/h2-3,7,11,14,16,18H,4-6,8-10H2,1H3/t11-,14+,16-/m0/s1. The van der Waals surface area contributed by atoms with Crippen LogP contribution in [0.4, 0.5) is 0 Å². The minimum absolute atomic E-state index is 0.0416. The van der Waals surface area contributed by atoms with Crippen molar-refractivity contribution in [3.63, 3.8) is 0 Å². The summed E-state index contributed by atoms with van der Waals surface area (Å²) >= 11 is 0. The summed E-state index contributed by atoms with van der Waals surface area (Å²) < 4.78 is 11.4. The highest BCUT2D eigenvalue weighted by Crippen LogP contribution is 2.29. The lowest BCUT2D eigenvalue weighted by atomic mass is 9.94. The maximum atomic E-state index is 11.9. The second kappa shape index (κ2) is 5.65. The first-order chi connectivity index (χ1) is 10.7. The zero-order valence-electron chi connectivity index (χ0n) is 12.9. The summed E-state index contributed by atoms with van der Waals surface area (Å²) in [6, 6.07) is 6.55. The van der Waals surface area contributed by atoms with Crippen molar-refractivity contribution in [3.8, 4) is 0 Å². The molecular weight excluding hydrogens is 280 g/mol. The summed E-state index contributed by atoms with van der Waals surface area (Å²) in [6.07, 6.45) is 0.853. The van der Waals surface area contributed by atoms with Crippen LogP contribution in [0.3, 0.4) is 0 Å². The van der Waals surface area contributed by atoms with Crippen molar-refractivity contribution >= 4 is 5.97 Å². The molecular formula is C17H22N2O3. The van der Waals surface area contributed by atoms with Gasteiger partial charge in [-0.25, -0.2) is 4.79 Å². The number of benzene rings is 1. The van der Waals surface area contributed by atoms with Crippen molar-refractivity contribution in [2.45, 2.75) is 31.6 Å². The topological polar surface area (TPSA) is 50.8 Å². The van der Waals surface area contributed by atoms with Crippen LogP contribution in [0.1, 0.15) is 34.5 Å². The molecule has 22 heavy (non-hydrogen) atoms. The minimum Gasteiger partial charge on any atom is -0.459 e. The number of piperazine rings is 1. The first-order valence-electron chi connectivity index (χ1n) is 8.11. The van der Waals surface area contributed by atoms with Crippen molar-refractivity contribution in [2.24, 2.45) is 0 Å². The predicted molar refractivity (Wildman–Crippen MR) is 81.9 cm³/mol. The second-order valence-corrected chi connectivity index (χ2v) is 6.51. The van der Waals surface area contributed by atoms with E-state index in [2.05, 4.69) is 16.3 Å². The van der Waals surface area contributed by atoms with E-state index >= 15 is 0 Å². The van der Waals surface area contributed by atoms with Crippen LogP contribution in [0.25, 0.3) is 0 Å². The highest BCUT2D eigenvalue weighted by atomic mass is 16.5. The van der Waals surface area contributed by atoms with E-state index in [1.54, 1.807) is 0 Å². The zero-order chi connectivity index (χ0) is 15.1. The largest absolute Gasteiger partial charge is 0.459 e. The summed E-state index contributed by atoms with van der Waals surface area (Å²) in [5, 5.41) is 3.42. The van der Waals surface area contributed by atoms with Crippen LogP contribution < -0.4 is 5.32 Å². The van der Waals surface area contributed by atoms with Gasteiger partial charge < -0.3 is 14.8 Å². The maximum absolute atomic E-state index is 11.9. The fourth-order valence-corrected chi connectivity index (χ4v) is 3.68. The molecule has 1 N–H and O–H groups in total. The molecule has 1 aromatic rings. The van der Waals surface area contributed by atoms with Gasteiger partial charge in [-0.2, -0.15) is 0 Å². The Morgan fingerprint density at radius 2 is 2.27 bits per heavy atom. The average molecular weight is 302 g/mol. The lowest BCUT2D eigenvalue weighted by Crippen LogP contribution is -2.57. The number of esters is 1. The average Bonchev–Trinajstić information content (AvgIpc) is 2.53. The van der Waals surface area contributed by atoms with Gasteiger partial charge in [0.2, 0.25) is 0 Å². The third-order valence-corrected chi connectivity index (χ3v) is 4.90. The van der Waals surface area contributed by atoms with Crippen molar-refractivity contribution in [2.75, 3.05) is 32.8 Å². The number of carbonyl (C=O) groups is 1. The molecule has 1 aromatic carbocycles. The van der Waals surface area contributed by atoms with Crippen LogP contribution in [-0.2, 0) is 15.9 Å². The van der Waals surface area contributed by atoms with Gasteiger partial charge in [0.15, 0.2) is 0 Å². The monoisotopic (exact) mass is 302 g/mol. The summed E-state index contributed by atoms with van der Waals surface area (Å²) in [5.74, 6) is -0.202. The summed E-state index contributed by atoms with van der Waals surface area (Å²) in [5.41, 5.74) is 2.97. The van der Waals surface area contributed by atoms with Crippen LogP contribution in [-0.4, -0.2) is 55.8 Å². The van der Waals surface area contributed by atoms with Crippen LogP contribution in [0, 0.1) is 0 Å². The van der Waals surface area contributed by atoms with Gasteiger partial charge >= 0.3 is 5.97 Å². The Balaban J connectivity index is 1.56. The summed E-state index contributed by atoms with van der Waals surface area (Å²) in [4.78, 5) is 14.4. The first kappa shape index (κ1) is 14.2. The fraction of sp³-hybridized carbons (Fsp3) is 0.588. The second-order valence-electron chi connectivity index (χ2n) is 6.51. The minimum atomic E-state index is -0.202. The van der Waals surface area contributed by atoms with Gasteiger partial charge in [-0.15, -0.1) is 0 Å². The Bertz CT molecular complexity index is 589. The molecule has 3 atom stereocenters. The number of cyclic esters (lactones) is 1. The van der Waals surface area contributed by atoms with E-state index in [4.69, 9.17) is 9.47 Å². The number of nitrogens with zero attached hydrogens (tertiary/aromatic N) is 1. The number of hydrogen-bond acceptors (Lipinski definition) is 5. The van der Waals surface area contributed by atoms with Crippen LogP contribution in [0.15, 0.2) is 18.2 Å². The van der Waals surface area contributed by atoms with Gasteiger partial charge in [-0.3, -0.25) is 4.90 Å². The Morgan fingerprint density at radius 1 is 1.36 bits per heavy atom. The van der Waals surface area contributed by atoms with E-state index in [1.165, 1.54) is 5.56 Å². The predicted octanol–water partition coefficient (Wildman–Crippen LogP) is 1.13. The van der Waals surface area contributed by atoms with E-state index in [9.17, 15) is 4.79 Å². The number of hydrogen-bond donors (Lipinski definition) is 1. The molecule has 0 saturated carbocycles. The first-order valence-corrected chi connectivity index (χ1v) is 8.11. The number of nitrogens with one attached hydrogen (secondary N) is 1. The highest BCUT2D eigenvalue weighted by Gasteiger charge is 2.32. The van der Waals surface area contributed by atoms with E-state index in [0.717, 1.165) is 44.8 Å². The number of ether oxygens (including phenoxy) is 2. The molecule has 118 valence electrons. The molecule has 0 bridgehead atoms. The third-order valence-electron chi connectivity index (χ3n) is 4.90. The quantitative estimate of drug-likeness (QED) is 0.788. The normalized spacial score (nSPS) is 32.0. The molecule has 4 rings (SSSR count). The lowest BCUT2D eigenvalue weighted by Gasteiger charge is -2.42. The van der Waals surface area contributed by atoms with Crippen LogP contribution in [0.2, 0.25) is 0 Å². The molecule has 3 aliphatic rings. The number of morpholine rings is 1. The smallest absolute Gasteiger partial charge is 0.338 e. The number of carbonyl (C=O) groups excluding carboxylic acids is 1. The molecule has 5 heteroatoms. The molecule has 0 radical (unpaired) electrons. The zero-order valence-corrected chi connectivity index (χ0v) is 12.9. The fourth-order valence-electron chi connectivity index (χ4n) is 3.68. The molecule has 5 nitrogen and oxygen atoms in total. The van der Waals surface area contributed by atoms with Gasteiger partial charge in [0.1, 0.15) is 6.10 Å². The Morgan fingerprint density at radius 3 is 3.18 bits per heavy atom. The van der Waals surface area contributed by atoms with Gasteiger partial charge in [-0.05, 0) is 24.1 Å². The van der Waals surface area contributed by atoms with Gasteiger partial charge in [0.25, 0.3) is 0 Å². The van der Waals surface area contributed by atoms with E-state index in [0.29, 0.717) is 11.6 Å². The molecule has 2 saturated heterocycles. The summed E-state index contributed by atoms with van der Waals surface area (Å²) in [6.45, 7) is 6.80. The maximum Gasteiger partial charge on any atom is 0.338 e. The van der Waals surface area contributed by atoms with Crippen molar-refractivity contribution in [1.82, 2.24) is 10.2 Å². The van der Waals surface area contributed by atoms with Crippen LogP contribution >= 0.6 is 0 Å². The molecule has 0 amide bonds. The number of fused-ring (bicyclic) bond motifs is 2. The van der Waals surface area contributed by atoms with E-state index < -0.39 is 0 Å². The molecule has 0 spiro atoms. The molecule has 0 unspecified atom stereocenters. The third kappa shape index (κ3) is 2.53. The molecule has 3 aliphatic heterocycles. The van der Waals surface area contributed by atoms with Crippen LogP contribution in [0.5, 0.6) is 0 Å². The highest BCUT2D eigenvalue weighted by molar-refractivity contribution is 5.92. The van der Waals surface area contributed by atoms with E-state index in [-0.39, 0.29) is 18.2 Å². The SMILES string of the molecule is C[C@H]1Cc2cc([C@@H]3CN4CCNC[C@@H]4CO3)ccc2C(=O)O1. The van der Waals surface area contributed by atoms with Crippen molar-refractivity contribution in [1.29, 1.82) is 0 Å².